The van der Waals surface area contributed by atoms with Crippen LogP contribution in [0.3, 0.4) is 0 Å². The molecule has 0 saturated carbocycles. The molecule has 0 spiro atoms. The lowest BCUT2D eigenvalue weighted by Gasteiger charge is -2.30. The van der Waals surface area contributed by atoms with Crippen LogP contribution in [-0.4, -0.2) is 38.0 Å². The molecule has 1 aliphatic rings. The Balaban J connectivity index is 2.32. The third-order valence-corrected chi connectivity index (χ3v) is 4.44. The van der Waals surface area contributed by atoms with Gasteiger partial charge in [-0.2, -0.15) is 0 Å². The van der Waals surface area contributed by atoms with Gasteiger partial charge in [0.25, 0.3) is 0 Å². The molecule has 1 aliphatic heterocycles. The van der Waals surface area contributed by atoms with Crippen molar-refractivity contribution in [1.82, 2.24) is 10.6 Å². The molecule has 1 atom stereocenters. The highest BCUT2D eigenvalue weighted by Gasteiger charge is 2.31. The lowest BCUT2D eigenvalue weighted by Crippen LogP contribution is -2.45. The molecule has 0 aromatic heterocycles. The number of esters is 1. The van der Waals surface area contributed by atoms with Gasteiger partial charge in [-0.05, 0) is 59.7 Å². The van der Waals surface area contributed by atoms with Crippen molar-refractivity contribution in [3.8, 4) is 5.75 Å². The Morgan fingerprint density at radius 2 is 2.12 bits per heavy atom. The lowest BCUT2D eigenvalue weighted by molar-refractivity contribution is -0.140. The number of halogens is 1. The van der Waals surface area contributed by atoms with Crippen molar-refractivity contribution in [3.05, 3.63) is 39.5 Å². The number of benzene rings is 1. The summed E-state index contributed by atoms with van der Waals surface area (Å²) in [5.74, 6) is 0.333. The summed E-state index contributed by atoms with van der Waals surface area (Å²) < 4.78 is 16.6. The summed E-state index contributed by atoms with van der Waals surface area (Å²) in [6, 6.07) is 5.26. The van der Waals surface area contributed by atoms with E-state index in [9.17, 15) is 4.79 Å². The van der Waals surface area contributed by atoms with Crippen LogP contribution in [0, 0.1) is 0 Å². The van der Waals surface area contributed by atoms with Crippen molar-refractivity contribution in [2.75, 3.05) is 26.9 Å². The minimum Gasteiger partial charge on any atom is -0.493 e. The minimum atomic E-state index is -0.410. The van der Waals surface area contributed by atoms with Gasteiger partial charge < -0.3 is 24.8 Å². The number of hydrogen-bond donors (Lipinski definition) is 2. The second kappa shape index (κ2) is 9.17. The third-order valence-electron chi connectivity index (χ3n) is 3.60. The number of hydrogen-bond acceptors (Lipinski definition) is 5. The molecule has 1 unspecified atom stereocenters. The van der Waals surface area contributed by atoms with Gasteiger partial charge in [0.15, 0.2) is 5.11 Å². The Labute approximate surface area is 161 Å². The molecule has 0 bridgehead atoms. The Hall–Kier alpha value is -1.64. The van der Waals surface area contributed by atoms with Gasteiger partial charge in [0.05, 0.1) is 29.3 Å². The van der Waals surface area contributed by atoms with Crippen molar-refractivity contribution in [2.45, 2.75) is 19.9 Å². The normalized spacial score (nSPS) is 17.0. The second-order valence-corrected chi connectivity index (χ2v) is 6.58. The van der Waals surface area contributed by atoms with E-state index in [2.05, 4.69) is 26.6 Å². The molecule has 1 aromatic rings. The number of methoxy groups -OCH3 is 1. The first kappa shape index (κ1) is 19.7. The molecule has 0 aliphatic carbocycles. The second-order valence-electron chi connectivity index (χ2n) is 5.32. The van der Waals surface area contributed by atoms with Crippen molar-refractivity contribution >= 4 is 39.2 Å². The highest BCUT2D eigenvalue weighted by molar-refractivity contribution is 9.10. The maximum absolute atomic E-state index is 12.5. The number of carbonyl (C=O) groups excluding carboxylic acids is 1. The van der Waals surface area contributed by atoms with E-state index in [0.717, 1.165) is 15.8 Å². The summed E-state index contributed by atoms with van der Waals surface area (Å²) in [6.07, 6.45) is 0. The van der Waals surface area contributed by atoms with Gasteiger partial charge in [0.1, 0.15) is 12.4 Å². The van der Waals surface area contributed by atoms with Gasteiger partial charge in [-0.15, -0.1) is 0 Å². The van der Waals surface area contributed by atoms with E-state index in [1.54, 1.807) is 14.0 Å². The summed E-state index contributed by atoms with van der Waals surface area (Å²) >= 11 is 8.74. The van der Waals surface area contributed by atoms with Gasteiger partial charge in [-0.1, -0.05) is 6.07 Å². The van der Waals surface area contributed by atoms with Gasteiger partial charge >= 0.3 is 5.97 Å². The number of allylic oxidation sites excluding steroid dienone is 1. The number of ether oxygens (including phenoxy) is 3. The molecule has 2 N–H and O–H groups in total. The average Bonchev–Trinajstić information content (AvgIpc) is 2.56. The third kappa shape index (κ3) is 4.93. The molecule has 2 rings (SSSR count). The molecule has 0 amide bonds. The highest BCUT2D eigenvalue weighted by Crippen LogP contribution is 2.33. The molecule has 25 heavy (non-hydrogen) atoms. The van der Waals surface area contributed by atoms with E-state index in [1.807, 2.05) is 25.1 Å². The van der Waals surface area contributed by atoms with Gasteiger partial charge in [-0.3, -0.25) is 0 Å². The fraction of sp³-hybridized carbons (Fsp3) is 0.412. The van der Waals surface area contributed by atoms with Crippen LogP contribution >= 0.6 is 28.1 Å². The zero-order valence-electron chi connectivity index (χ0n) is 14.3. The van der Waals surface area contributed by atoms with Crippen LogP contribution in [-0.2, 0) is 14.3 Å². The first-order chi connectivity index (χ1) is 12.0. The standard InChI is InChI=1S/C17H21BrN2O4S/c1-4-23-13-6-5-11(9-12(13)18)15-14(10(2)19-17(25)20-15)16(21)24-8-7-22-3/h5-6,9,15H,4,7-8H2,1-3H3,(H2,19,20,25). The van der Waals surface area contributed by atoms with Crippen LogP contribution in [0.15, 0.2) is 33.9 Å². The molecule has 136 valence electrons. The molecule has 0 saturated heterocycles. The molecule has 0 fully saturated rings. The predicted molar refractivity (Wildman–Crippen MR) is 102 cm³/mol. The fourth-order valence-corrected chi connectivity index (χ4v) is 3.26. The van der Waals surface area contributed by atoms with Crippen LogP contribution < -0.4 is 15.4 Å². The average molecular weight is 429 g/mol. The first-order valence-electron chi connectivity index (χ1n) is 7.84. The molecule has 1 heterocycles. The minimum absolute atomic E-state index is 0.191. The maximum Gasteiger partial charge on any atom is 0.338 e. The van der Waals surface area contributed by atoms with Crippen molar-refractivity contribution in [1.29, 1.82) is 0 Å². The van der Waals surface area contributed by atoms with Crippen LogP contribution in [0.25, 0.3) is 0 Å². The maximum atomic E-state index is 12.5. The molecule has 6 nitrogen and oxygen atoms in total. The number of thiocarbonyl (C=S) groups is 1. The summed E-state index contributed by atoms with van der Waals surface area (Å²) in [6.45, 7) is 4.83. The Morgan fingerprint density at radius 1 is 1.36 bits per heavy atom. The Kier molecular flexibility index (Phi) is 7.22. The first-order valence-corrected chi connectivity index (χ1v) is 9.04. The quantitative estimate of drug-likeness (QED) is 0.393. The van der Waals surface area contributed by atoms with Crippen molar-refractivity contribution in [2.24, 2.45) is 0 Å². The predicted octanol–water partition coefficient (Wildman–Crippen LogP) is 2.83. The van der Waals surface area contributed by atoms with Gasteiger partial charge in [0.2, 0.25) is 0 Å². The Bertz CT molecular complexity index is 693. The van der Waals surface area contributed by atoms with E-state index in [4.69, 9.17) is 26.4 Å². The van der Waals surface area contributed by atoms with E-state index in [-0.39, 0.29) is 6.61 Å². The molecule has 1 aromatic carbocycles. The summed E-state index contributed by atoms with van der Waals surface area (Å²) in [7, 11) is 1.56. The lowest BCUT2D eigenvalue weighted by atomic mass is 9.95. The number of nitrogens with one attached hydrogen (secondary N) is 2. The summed E-state index contributed by atoms with van der Waals surface area (Å²) in [5.41, 5.74) is 2.03. The van der Waals surface area contributed by atoms with E-state index < -0.39 is 12.0 Å². The Morgan fingerprint density at radius 3 is 2.76 bits per heavy atom. The SMILES string of the molecule is CCOc1ccc(C2NC(=S)NC(C)=C2C(=O)OCCOC)cc1Br. The molecule has 0 radical (unpaired) electrons. The molecular formula is C17H21BrN2O4S. The number of rotatable bonds is 7. The van der Waals surface area contributed by atoms with E-state index in [1.165, 1.54) is 0 Å². The van der Waals surface area contributed by atoms with Gasteiger partial charge in [-0.25, -0.2) is 4.79 Å². The highest BCUT2D eigenvalue weighted by atomic mass is 79.9. The molecular weight excluding hydrogens is 408 g/mol. The topological polar surface area (TPSA) is 68.8 Å². The van der Waals surface area contributed by atoms with E-state index in [0.29, 0.717) is 29.6 Å². The van der Waals surface area contributed by atoms with Crippen LogP contribution in [0.2, 0.25) is 0 Å². The zero-order valence-corrected chi connectivity index (χ0v) is 16.8. The van der Waals surface area contributed by atoms with Crippen LogP contribution in [0.1, 0.15) is 25.5 Å². The van der Waals surface area contributed by atoms with Crippen molar-refractivity contribution < 1.29 is 19.0 Å². The van der Waals surface area contributed by atoms with E-state index >= 15 is 0 Å². The number of carbonyl (C=O) groups is 1. The van der Waals surface area contributed by atoms with Crippen LogP contribution in [0.5, 0.6) is 5.75 Å². The largest absolute Gasteiger partial charge is 0.493 e. The summed E-state index contributed by atoms with van der Waals surface area (Å²) in [4.78, 5) is 12.5. The smallest absolute Gasteiger partial charge is 0.338 e. The van der Waals surface area contributed by atoms with Crippen LogP contribution in [0.4, 0.5) is 0 Å². The molecule has 8 heteroatoms. The van der Waals surface area contributed by atoms with Gasteiger partial charge in [0, 0.05) is 12.8 Å². The monoisotopic (exact) mass is 428 g/mol. The van der Waals surface area contributed by atoms with Crippen molar-refractivity contribution in [3.63, 3.8) is 0 Å². The zero-order chi connectivity index (χ0) is 18.4. The fourth-order valence-electron chi connectivity index (χ4n) is 2.48. The summed E-state index contributed by atoms with van der Waals surface area (Å²) in [5, 5.41) is 6.57.